The number of hydrogen-bond acceptors (Lipinski definition) is 9. The SMILES string of the molecule is CCN(CC)CCCNC(=O)N1CCc2cc3c4cc2[C@@H]1Cc1ccc(OC)c(c1)Oc1ccc(cc1)C[C@H]1c2c(cc(OC)c(c2O4)O3)CCN1C(=O)NC[C@@H](C)CN(CC)CC. The van der Waals surface area contributed by atoms with Crippen molar-refractivity contribution in [2.24, 2.45) is 5.92 Å². The van der Waals surface area contributed by atoms with Crippen molar-refractivity contribution >= 4 is 12.1 Å². The van der Waals surface area contributed by atoms with E-state index in [-0.39, 0.29) is 30.1 Å². The molecule has 13 heteroatoms. The zero-order chi connectivity index (χ0) is 44.9. The first-order valence-corrected chi connectivity index (χ1v) is 23.4. The molecule has 342 valence electrons. The molecule has 64 heavy (non-hydrogen) atoms. The van der Waals surface area contributed by atoms with Crippen LogP contribution in [0, 0.1) is 5.92 Å². The number of carbonyl (C=O) groups excluding carboxylic acids is 2. The van der Waals surface area contributed by atoms with Gasteiger partial charge in [-0.15, -0.1) is 0 Å². The second kappa shape index (κ2) is 20.0. The molecule has 5 aliphatic heterocycles. The van der Waals surface area contributed by atoms with Crippen LogP contribution in [0.1, 0.15) is 86.5 Å². The molecular weight excluding hydrogens is 809 g/mol. The van der Waals surface area contributed by atoms with Crippen molar-refractivity contribution in [3.63, 3.8) is 0 Å². The zero-order valence-electron chi connectivity index (χ0n) is 38.8. The average molecular weight is 875 g/mol. The van der Waals surface area contributed by atoms with Crippen molar-refractivity contribution in [3.05, 3.63) is 94.0 Å². The standard InChI is InChI=1S/C51H66N6O7/c1-8-54(9-2)22-12-21-52-50(58)56-23-19-36-28-44-45-30-39(36)40(56)26-35-15-18-42(60-6)43(27-35)62-38-16-13-34(14-17-38)25-41-47-37(29-46(61-7)48(63-44)49(47)64-45)20-24-57(41)51(59)53-31-33(5)32-55(10-3)11-4/h13-18,27-30,33,40-41H,8-12,19-26,31-32H2,1-7H3,(H,52,58)(H,53,59)/t33-,40+,41+/m1/s1. The van der Waals surface area contributed by atoms with Crippen molar-refractivity contribution in [3.8, 4) is 46.0 Å². The normalized spacial score (nSPS) is 17.5. The summed E-state index contributed by atoms with van der Waals surface area (Å²) in [6.45, 7) is 18.8. The Morgan fingerprint density at radius 2 is 1.34 bits per heavy atom. The number of urea groups is 2. The molecule has 7 bridgehead atoms. The van der Waals surface area contributed by atoms with Gasteiger partial charge >= 0.3 is 12.1 Å². The number of benzene rings is 4. The summed E-state index contributed by atoms with van der Waals surface area (Å²) in [7, 11) is 3.29. The number of rotatable bonds is 14. The minimum absolute atomic E-state index is 0.0925. The number of ether oxygens (including phenoxy) is 5. The van der Waals surface area contributed by atoms with E-state index in [2.05, 4.69) is 79.3 Å². The van der Waals surface area contributed by atoms with E-state index in [1.54, 1.807) is 14.2 Å². The maximum Gasteiger partial charge on any atom is 0.317 e. The summed E-state index contributed by atoms with van der Waals surface area (Å²) in [5, 5.41) is 6.54. The van der Waals surface area contributed by atoms with E-state index in [1.807, 2.05) is 46.2 Å². The molecule has 0 fully saturated rings. The first kappa shape index (κ1) is 44.9. The Morgan fingerprint density at radius 1 is 0.703 bits per heavy atom. The Balaban J connectivity index is 1.20. The van der Waals surface area contributed by atoms with E-state index in [4.69, 9.17) is 23.7 Å². The van der Waals surface area contributed by atoms with Crippen LogP contribution in [0.4, 0.5) is 9.59 Å². The number of nitrogens with zero attached hydrogens (tertiary/aromatic N) is 4. The Labute approximate surface area is 378 Å². The summed E-state index contributed by atoms with van der Waals surface area (Å²) < 4.78 is 32.3. The molecule has 2 N–H and O–H groups in total. The Bertz CT molecular complexity index is 2290. The van der Waals surface area contributed by atoms with Crippen LogP contribution in [-0.2, 0) is 25.7 Å². The highest BCUT2D eigenvalue weighted by Crippen LogP contribution is 2.57. The number of fused-ring (bicyclic) bond motifs is 2. The highest BCUT2D eigenvalue weighted by Gasteiger charge is 2.40. The molecule has 0 aromatic heterocycles. The first-order chi connectivity index (χ1) is 31.1. The fourth-order valence-electron chi connectivity index (χ4n) is 9.85. The van der Waals surface area contributed by atoms with Gasteiger partial charge in [0, 0.05) is 38.3 Å². The lowest BCUT2D eigenvalue weighted by atomic mass is 9.86. The van der Waals surface area contributed by atoms with Gasteiger partial charge in [-0.05, 0) is 141 Å². The third-order valence-electron chi connectivity index (χ3n) is 13.5. The van der Waals surface area contributed by atoms with Crippen LogP contribution in [-0.4, -0.2) is 111 Å². The predicted molar refractivity (Wildman–Crippen MR) is 249 cm³/mol. The van der Waals surface area contributed by atoms with Crippen molar-refractivity contribution in [2.45, 2.75) is 78.8 Å². The molecule has 0 spiro atoms. The number of nitrogens with one attached hydrogen (secondary N) is 2. The van der Waals surface area contributed by atoms with Gasteiger partial charge in [0.2, 0.25) is 5.75 Å². The largest absolute Gasteiger partial charge is 0.493 e. The maximum atomic E-state index is 14.4. The Hall–Kier alpha value is -5.66. The van der Waals surface area contributed by atoms with E-state index in [1.165, 1.54) is 0 Å². The third-order valence-corrected chi connectivity index (χ3v) is 13.5. The third kappa shape index (κ3) is 9.42. The van der Waals surface area contributed by atoms with Crippen LogP contribution in [0.3, 0.4) is 0 Å². The quantitative estimate of drug-likeness (QED) is 0.105. The van der Waals surface area contributed by atoms with Gasteiger partial charge in [-0.1, -0.05) is 52.8 Å². The highest BCUT2D eigenvalue weighted by molar-refractivity contribution is 5.77. The smallest absolute Gasteiger partial charge is 0.317 e. The average Bonchev–Trinajstić information content (AvgIpc) is 3.31. The topological polar surface area (TPSA) is 117 Å². The molecule has 3 atom stereocenters. The lowest BCUT2D eigenvalue weighted by Crippen LogP contribution is -2.48. The maximum absolute atomic E-state index is 14.4. The fraction of sp³-hybridized carbons (Fsp3) is 0.490. The molecular formula is C51H66N6O7. The van der Waals surface area contributed by atoms with Gasteiger partial charge in [-0.25, -0.2) is 9.59 Å². The molecule has 5 aliphatic rings. The molecule has 0 saturated heterocycles. The van der Waals surface area contributed by atoms with Gasteiger partial charge in [0.1, 0.15) is 5.75 Å². The monoisotopic (exact) mass is 874 g/mol. The van der Waals surface area contributed by atoms with Crippen molar-refractivity contribution in [1.29, 1.82) is 0 Å². The molecule has 4 amide bonds. The van der Waals surface area contributed by atoms with E-state index >= 15 is 0 Å². The van der Waals surface area contributed by atoms with Gasteiger partial charge < -0.3 is 53.9 Å². The van der Waals surface area contributed by atoms with E-state index in [0.29, 0.717) is 97.9 Å². The van der Waals surface area contributed by atoms with Gasteiger partial charge in [0.15, 0.2) is 34.5 Å². The molecule has 0 saturated carbocycles. The minimum Gasteiger partial charge on any atom is -0.493 e. The van der Waals surface area contributed by atoms with Crippen LogP contribution >= 0.6 is 0 Å². The summed E-state index contributed by atoms with van der Waals surface area (Å²) in [6, 6.07) is 19.3. The van der Waals surface area contributed by atoms with E-state index in [0.717, 1.165) is 79.1 Å². The fourth-order valence-corrected chi connectivity index (χ4v) is 9.85. The lowest BCUT2D eigenvalue weighted by molar-refractivity contribution is 0.163. The van der Waals surface area contributed by atoms with Crippen LogP contribution in [0.2, 0.25) is 0 Å². The molecule has 4 aromatic rings. The van der Waals surface area contributed by atoms with Crippen molar-refractivity contribution in [2.75, 3.05) is 79.7 Å². The second-order valence-electron chi connectivity index (χ2n) is 17.5. The summed E-state index contributed by atoms with van der Waals surface area (Å²) in [5.41, 5.74) is 6.07. The van der Waals surface area contributed by atoms with Crippen LogP contribution in [0.15, 0.2) is 60.7 Å². The van der Waals surface area contributed by atoms with Gasteiger partial charge in [0.25, 0.3) is 0 Å². The predicted octanol–water partition coefficient (Wildman–Crippen LogP) is 9.12. The van der Waals surface area contributed by atoms with Gasteiger partial charge in [-0.3, -0.25) is 0 Å². The first-order valence-electron chi connectivity index (χ1n) is 23.4. The summed E-state index contributed by atoms with van der Waals surface area (Å²) in [5.74, 6) is 4.91. The number of hydrogen-bond donors (Lipinski definition) is 2. The zero-order valence-corrected chi connectivity index (χ0v) is 38.8. The molecule has 5 heterocycles. The number of carbonyl (C=O) groups is 2. The summed E-state index contributed by atoms with van der Waals surface area (Å²) in [6.07, 6.45) is 3.18. The molecule has 13 nitrogen and oxygen atoms in total. The molecule has 0 unspecified atom stereocenters. The minimum atomic E-state index is -0.389. The lowest BCUT2D eigenvalue weighted by Gasteiger charge is -2.41. The molecule has 9 rings (SSSR count). The van der Waals surface area contributed by atoms with Gasteiger partial charge in [0.05, 0.1) is 26.3 Å². The molecule has 0 radical (unpaired) electrons. The van der Waals surface area contributed by atoms with Gasteiger partial charge in [-0.2, -0.15) is 0 Å². The Kier molecular flexibility index (Phi) is 14.1. The molecule has 4 aromatic carbocycles. The summed E-state index contributed by atoms with van der Waals surface area (Å²) >= 11 is 0. The highest BCUT2D eigenvalue weighted by atomic mass is 16.6. The second-order valence-corrected chi connectivity index (χ2v) is 17.5. The Morgan fingerprint density at radius 3 is 2.06 bits per heavy atom. The molecule has 0 aliphatic carbocycles. The van der Waals surface area contributed by atoms with Crippen LogP contribution < -0.4 is 34.3 Å². The van der Waals surface area contributed by atoms with Crippen molar-refractivity contribution in [1.82, 2.24) is 30.2 Å². The number of amides is 4. The summed E-state index contributed by atoms with van der Waals surface area (Å²) in [4.78, 5) is 37.3. The van der Waals surface area contributed by atoms with Crippen molar-refractivity contribution < 1.29 is 33.3 Å². The van der Waals surface area contributed by atoms with Crippen LogP contribution in [0.25, 0.3) is 0 Å². The van der Waals surface area contributed by atoms with E-state index < -0.39 is 0 Å². The van der Waals surface area contributed by atoms with E-state index in [9.17, 15) is 9.59 Å². The number of methoxy groups -OCH3 is 2. The van der Waals surface area contributed by atoms with Crippen LogP contribution in [0.5, 0.6) is 46.0 Å².